The molecule has 0 atom stereocenters. The van der Waals surface area contributed by atoms with Gasteiger partial charge < -0.3 is 10.1 Å². The van der Waals surface area contributed by atoms with Crippen LogP contribution in [0.4, 0.5) is 0 Å². The minimum absolute atomic E-state index is 0.0724. The minimum atomic E-state index is -0.0724. The van der Waals surface area contributed by atoms with E-state index in [1.165, 1.54) is 0 Å². The topological polar surface area (TPSA) is 69.0 Å². The Morgan fingerprint density at radius 1 is 1.17 bits per heavy atom. The molecule has 0 aliphatic carbocycles. The third-order valence-corrected chi connectivity index (χ3v) is 4.05. The molecule has 0 saturated heterocycles. The Balaban J connectivity index is 1.44. The first-order chi connectivity index (χ1) is 11.3. The number of hydrogen-bond donors (Lipinski definition) is 1. The summed E-state index contributed by atoms with van der Waals surface area (Å²) in [6.07, 6.45) is 0. The van der Waals surface area contributed by atoms with Crippen LogP contribution in [0.1, 0.15) is 21.5 Å². The molecular formula is C17H16N4O2. The maximum atomic E-state index is 12.4. The van der Waals surface area contributed by atoms with Gasteiger partial charge in [-0.25, -0.2) is 4.68 Å². The van der Waals surface area contributed by atoms with Gasteiger partial charge in [0.05, 0.1) is 25.3 Å². The summed E-state index contributed by atoms with van der Waals surface area (Å²) in [4.78, 5) is 12.4. The largest absolute Gasteiger partial charge is 0.372 e. The molecule has 6 nitrogen and oxygen atoms in total. The first-order valence-electron chi connectivity index (χ1n) is 7.58. The summed E-state index contributed by atoms with van der Waals surface area (Å²) in [5.74, 6) is -0.0724. The summed E-state index contributed by atoms with van der Waals surface area (Å²) in [5.41, 5.74) is 4.62. The Hall–Kier alpha value is -2.73. The highest BCUT2D eigenvalue weighted by atomic mass is 16.5. The molecular weight excluding hydrogens is 292 g/mol. The molecule has 0 unspecified atom stereocenters. The molecule has 2 aromatic carbocycles. The SMILES string of the molecule is O=C(NCCn1nnc2ccccc21)c1cccc2c1COC2. The van der Waals surface area contributed by atoms with Crippen LogP contribution in [0.2, 0.25) is 0 Å². The zero-order valence-corrected chi connectivity index (χ0v) is 12.5. The van der Waals surface area contributed by atoms with Crippen molar-refractivity contribution in [3.63, 3.8) is 0 Å². The predicted octanol–water partition coefficient (Wildman–Crippen LogP) is 1.89. The third kappa shape index (κ3) is 2.57. The standard InChI is InChI=1S/C17H16N4O2/c22-17(13-5-3-4-12-10-23-11-14(12)13)18-8-9-21-16-7-2-1-6-15(16)19-20-21/h1-7H,8-11H2,(H,18,22). The van der Waals surface area contributed by atoms with Crippen LogP contribution in [0.5, 0.6) is 0 Å². The quantitative estimate of drug-likeness (QED) is 0.799. The molecule has 1 aromatic heterocycles. The van der Waals surface area contributed by atoms with Crippen LogP contribution in [0.25, 0.3) is 11.0 Å². The van der Waals surface area contributed by atoms with Crippen LogP contribution in [-0.2, 0) is 24.5 Å². The van der Waals surface area contributed by atoms with E-state index >= 15 is 0 Å². The Kier molecular flexibility index (Phi) is 3.51. The lowest BCUT2D eigenvalue weighted by Crippen LogP contribution is -2.28. The molecule has 2 heterocycles. The van der Waals surface area contributed by atoms with Crippen molar-refractivity contribution in [1.82, 2.24) is 20.3 Å². The van der Waals surface area contributed by atoms with Crippen molar-refractivity contribution in [3.8, 4) is 0 Å². The van der Waals surface area contributed by atoms with Gasteiger partial charge in [0.2, 0.25) is 0 Å². The van der Waals surface area contributed by atoms with Gasteiger partial charge in [-0.05, 0) is 29.3 Å². The van der Waals surface area contributed by atoms with Gasteiger partial charge in [0.25, 0.3) is 5.91 Å². The van der Waals surface area contributed by atoms with E-state index in [9.17, 15) is 4.79 Å². The molecule has 116 valence electrons. The first-order valence-corrected chi connectivity index (χ1v) is 7.58. The van der Waals surface area contributed by atoms with Crippen molar-refractivity contribution in [3.05, 3.63) is 59.2 Å². The number of ether oxygens (including phenoxy) is 1. The predicted molar refractivity (Wildman–Crippen MR) is 84.8 cm³/mol. The minimum Gasteiger partial charge on any atom is -0.372 e. The number of aromatic nitrogens is 3. The first kappa shape index (κ1) is 13.9. The van der Waals surface area contributed by atoms with Gasteiger partial charge in [0.15, 0.2) is 0 Å². The summed E-state index contributed by atoms with van der Waals surface area (Å²) in [6.45, 7) is 2.17. The molecule has 6 heteroatoms. The molecule has 23 heavy (non-hydrogen) atoms. The van der Waals surface area contributed by atoms with Crippen LogP contribution < -0.4 is 5.32 Å². The van der Waals surface area contributed by atoms with E-state index in [0.717, 1.165) is 22.2 Å². The van der Waals surface area contributed by atoms with E-state index in [1.807, 2.05) is 42.5 Å². The molecule has 0 saturated carbocycles. The molecule has 1 amide bonds. The van der Waals surface area contributed by atoms with E-state index in [4.69, 9.17) is 4.74 Å². The highest BCUT2D eigenvalue weighted by Gasteiger charge is 2.18. The van der Waals surface area contributed by atoms with Gasteiger partial charge in [-0.1, -0.05) is 29.5 Å². The van der Waals surface area contributed by atoms with Crippen molar-refractivity contribution in [2.45, 2.75) is 19.8 Å². The van der Waals surface area contributed by atoms with E-state index in [0.29, 0.717) is 31.9 Å². The fraction of sp³-hybridized carbons (Fsp3) is 0.235. The van der Waals surface area contributed by atoms with E-state index in [-0.39, 0.29) is 5.91 Å². The highest BCUT2D eigenvalue weighted by molar-refractivity contribution is 5.96. The zero-order chi connectivity index (χ0) is 15.6. The van der Waals surface area contributed by atoms with E-state index < -0.39 is 0 Å². The van der Waals surface area contributed by atoms with Crippen LogP contribution in [0.3, 0.4) is 0 Å². The lowest BCUT2D eigenvalue weighted by atomic mass is 10.0. The van der Waals surface area contributed by atoms with E-state index in [2.05, 4.69) is 15.6 Å². The molecule has 0 radical (unpaired) electrons. The number of nitrogens with one attached hydrogen (secondary N) is 1. The smallest absolute Gasteiger partial charge is 0.251 e. The number of rotatable bonds is 4. The van der Waals surface area contributed by atoms with Gasteiger partial charge in [-0.3, -0.25) is 4.79 Å². The number of para-hydroxylation sites is 1. The second-order valence-electron chi connectivity index (χ2n) is 5.49. The van der Waals surface area contributed by atoms with Crippen LogP contribution in [0.15, 0.2) is 42.5 Å². The summed E-state index contributed by atoms with van der Waals surface area (Å²) in [5, 5.41) is 11.2. The number of amides is 1. The fourth-order valence-corrected chi connectivity index (χ4v) is 2.87. The van der Waals surface area contributed by atoms with Crippen molar-refractivity contribution in [2.75, 3.05) is 6.54 Å². The van der Waals surface area contributed by atoms with Crippen molar-refractivity contribution in [1.29, 1.82) is 0 Å². The molecule has 1 N–H and O–H groups in total. The van der Waals surface area contributed by atoms with Gasteiger partial charge in [0.1, 0.15) is 5.52 Å². The molecule has 4 rings (SSSR count). The average Bonchev–Trinajstić information content (AvgIpc) is 3.21. The van der Waals surface area contributed by atoms with Gasteiger partial charge in [0, 0.05) is 12.1 Å². The number of nitrogens with zero attached hydrogens (tertiary/aromatic N) is 3. The summed E-state index contributed by atoms with van der Waals surface area (Å²) < 4.78 is 7.21. The van der Waals surface area contributed by atoms with Crippen molar-refractivity contribution >= 4 is 16.9 Å². The fourth-order valence-electron chi connectivity index (χ4n) is 2.87. The Labute approximate surface area is 133 Å². The molecule has 3 aromatic rings. The normalized spacial score (nSPS) is 13.2. The van der Waals surface area contributed by atoms with Crippen molar-refractivity contribution < 1.29 is 9.53 Å². The Morgan fingerprint density at radius 2 is 2.09 bits per heavy atom. The summed E-state index contributed by atoms with van der Waals surface area (Å²) in [6, 6.07) is 13.5. The molecule has 0 spiro atoms. The van der Waals surface area contributed by atoms with Crippen LogP contribution in [-0.4, -0.2) is 27.4 Å². The van der Waals surface area contributed by atoms with Gasteiger partial charge in [-0.2, -0.15) is 0 Å². The Morgan fingerprint density at radius 3 is 3.04 bits per heavy atom. The van der Waals surface area contributed by atoms with Crippen LogP contribution >= 0.6 is 0 Å². The maximum Gasteiger partial charge on any atom is 0.251 e. The number of hydrogen-bond acceptors (Lipinski definition) is 4. The molecule has 0 fully saturated rings. The number of benzene rings is 2. The monoisotopic (exact) mass is 308 g/mol. The molecule has 1 aliphatic rings. The second kappa shape index (κ2) is 5.81. The summed E-state index contributed by atoms with van der Waals surface area (Å²) >= 11 is 0. The number of fused-ring (bicyclic) bond motifs is 2. The van der Waals surface area contributed by atoms with E-state index in [1.54, 1.807) is 4.68 Å². The summed E-state index contributed by atoms with van der Waals surface area (Å²) in [7, 11) is 0. The average molecular weight is 308 g/mol. The van der Waals surface area contributed by atoms with Crippen molar-refractivity contribution in [2.24, 2.45) is 0 Å². The van der Waals surface area contributed by atoms with Gasteiger partial charge >= 0.3 is 0 Å². The maximum absolute atomic E-state index is 12.4. The number of carbonyl (C=O) groups excluding carboxylic acids is 1. The molecule has 1 aliphatic heterocycles. The third-order valence-electron chi connectivity index (χ3n) is 4.05. The number of carbonyl (C=O) groups is 1. The highest BCUT2D eigenvalue weighted by Crippen LogP contribution is 2.23. The molecule has 0 bridgehead atoms. The van der Waals surface area contributed by atoms with Crippen LogP contribution in [0, 0.1) is 0 Å². The zero-order valence-electron chi connectivity index (χ0n) is 12.5. The Bertz CT molecular complexity index is 872. The lowest BCUT2D eigenvalue weighted by Gasteiger charge is -2.09. The van der Waals surface area contributed by atoms with Gasteiger partial charge in [-0.15, -0.1) is 5.10 Å². The second-order valence-corrected chi connectivity index (χ2v) is 5.49. The lowest BCUT2D eigenvalue weighted by molar-refractivity contribution is 0.0946.